The molecule has 2 aliphatic rings. The summed E-state index contributed by atoms with van der Waals surface area (Å²) in [7, 11) is 0. The zero-order valence-electron chi connectivity index (χ0n) is 13.2. The van der Waals surface area contributed by atoms with Gasteiger partial charge in [-0.1, -0.05) is 36.4 Å². The average Bonchev–Trinajstić information content (AvgIpc) is 2.78. The molecular formula is C20H18F3N. The van der Waals surface area contributed by atoms with Crippen molar-refractivity contribution in [1.82, 2.24) is 4.90 Å². The molecule has 0 amide bonds. The third-order valence-electron chi connectivity index (χ3n) is 5.08. The fourth-order valence-corrected chi connectivity index (χ4v) is 3.99. The molecule has 2 aromatic rings. The lowest BCUT2D eigenvalue weighted by Crippen LogP contribution is -2.37. The van der Waals surface area contributed by atoms with E-state index in [-0.39, 0.29) is 17.6 Å². The minimum Gasteiger partial charge on any atom is -0.289 e. The van der Waals surface area contributed by atoms with Crippen LogP contribution in [-0.2, 0) is 6.54 Å². The van der Waals surface area contributed by atoms with Gasteiger partial charge in [-0.15, -0.1) is 0 Å². The SMILES string of the molecule is Fc1cc(F)c(C2=CC3CCC(C2)N3Cc2ccccc2)c(F)c1. The van der Waals surface area contributed by atoms with Gasteiger partial charge in [0.1, 0.15) is 17.5 Å². The van der Waals surface area contributed by atoms with Crippen LogP contribution in [0, 0.1) is 17.5 Å². The fraction of sp³-hybridized carbons (Fsp3) is 0.300. The molecule has 4 heteroatoms. The summed E-state index contributed by atoms with van der Waals surface area (Å²) in [4.78, 5) is 2.40. The van der Waals surface area contributed by atoms with Crippen molar-refractivity contribution >= 4 is 5.57 Å². The maximum Gasteiger partial charge on any atom is 0.136 e. The normalized spacial score (nSPS) is 23.4. The largest absolute Gasteiger partial charge is 0.289 e. The van der Waals surface area contributed by atoms with Crippen LogP contribution in [0.3, 0.4) is 0 Å². The highest BCUT2D eigenvalue weighted by Crippen LogP contribution is 2.40. The topological polar surface area (TPSA) is 3.24 Å². The van der Waals surface area contributed by atoms with E-state index in [1.165, 1.54) is 5.56 Å². The number of hydrogen-bond donors (Lipinski definition) is 0. The van der Waals surface area contributed by atoms with E-state index < -0.39 is 17.5 Å². The van der Waals surface area contributed by atoms with Gasteiger partial charge in [0.05, 0.1) is 0 Å². The molecule has 2 aliphatic heterocycles. The van der Waals surface area contributed by atoms with Crippen LogP contribution in [0.25, 0.3) is 5.57 Å². The van der Waals surface area contributed by atoms with E-state index in [0.29, 0.717) is 12.0 Å². The number of fused-ring (bicyclic) bond motifs is 2. The maximum absolute atomic E-state index is 14.1. The second-order valence-electron chi connectivity index (χ2n) is 6.60. The Balaban J connectivity index is 1.63. The van der Waals surface area contributed by atoms with Crippen molar-refractivity contribution < 1.29 is 13.2 Å². The van der Waals surface area contributed by atoms with Crippen molar-refractivity contribution in [2.45, 2.75) is 37.9 Å². The van der Waals surface area contributed by atoms with E-state index >= 15 is 0 Å². The molecule has 0 saturated carbocycles. The molecule has 0 N–H and O–H groups in total. The van der Waals surface area contributed by atoms with Crippen molar-refractivity contribution in [2.24, 2.45) is 0 Å². The highest BCUT2D eigenvalue weighted by atomic mass is 19.1. The monoisotopic (exact) mass is 329 g/mol. The lowest BCUT2D eigenvalue weighted by Gasteiger charge is -2.34. The second kappa shape index (κ2) is 6.10. The molecule has 2 heterocycles. The average molecular weight is 329 g/mol. The summed E-state index contributed by atoms with van der Waals surface area (Å²) in [6.45, 7) is 0.842. The van der Waals surface area contributed by atoms with Crippen molar-refractivity contribution in [2.75, 3.05) is 0 Å². The first-order chi connectivity index (χ1) is 11.6. The third kappa shape index (κ3) is 2.75. The van der Waals surface area contributed by atoms with Gasteiger partial charge in [-0.2, -0.15) is 0 Å². The molecule has 124 valence electrons. The summed E-state index contributed by atoms with van der Waals surface area (Å²) >= 11 is 0. The molecule has 1 fully saturated rings. The first kappa shape index (κ1) is 15.5. The Morgan fingerprint density at radius 1 is 0.958 bits per heavy atom. The standard InChI is InChI=1S/C20H18F3N/c21-15-10-18(22)20(19(23)11-15)14-8-16-6-7-17(9-14)24(16)12-13-4-2-1-3-5-13/h1-5,8,10-11,16-17H,6-7,9,12H2. The molecule has 24 heavy (non-hydrogen) atoms. The van der Waals surface area contributed by atoms with Crippen LogP contribution >= 0.6 is 0 Å². The van der Waals surface area contributed by atoms with Gasteiger partial charge in [0.15, 0.2) is 0 Å². The number of halogens is 3. The Morgan fingerprint density at radius 2 is 1.67 bits per heavy atom. The summed E-state index contributed by atoms with van der Waals surface area (Å²) in [5.41, 5.74) is 1.85. The van der Waals surface area contributed by atoms with Gasteiger partial charge in [0.25, 0.3) is 0 Å². The van der Waals surface area contributed by atoms with E-state index in [1.54, 1.807) is 0 Å². The predicted molar refractivity (Wildman–Crippen MR) is 87.7 cm³/mol. The zero-order chi connectivity index (χ0) is 16.7. The number of nitrogens with zero attached hydrogens (tertiary/aromatic N) is 1. The van der Waals surface area contributed by atoms with E-state index in [2.05, 4.69) is 17.0 Å². The predicted octanol–water partition coefficient (Wildman–Crippen LogP) is 4.92. The highest BCUT2D eigenvalue weighted by Gasteiger charge is 2.37. The molecular weight excluding hydrogens is 311 g/mol. The Kier molecular flexibility index (Phi) is 3.93. The van der Waals surface area contributed by atoms with Crippen LogP contribution < -0.4 is 0 Å². The quantitative estimate of drug-likeness (QED) is 0.772. The van der Waals surface area contributed by atoms with Gasteiger partial charge >= 0.3 is 0 Å². The highest BCUT2D eigenvalue weighted by molar-refractivity contribution is 5.69. The van der Waals surface area contributed by atoms with Crippen LogP contribution in [-0.4, -0.2) is 17.0 Å². The molecule has 1 nitrogen and oxygen atoms in total. The molecule has 0 spiro atoms. The summed E-state index contributed by atoms with van der Waals surface area (Å²) < 4.78 is 41.3. The molecule has 0 radical (unpaired) electrons. The molecule has 4 rings (SSSR count). The maximum atomic E-state index is 14.1. The van der Waals surface area contributed by atoms with E-state index in [4.69, 9.17) is 0 Å². The Morgan fingerprint density at radius 3 is 2.33 bits per heavy atom. The minimum atomic E-state index is -0.876. The molecule has 0 aliphatic carbocycles. The third-order valence-corrected chi connectivity index (χ3v) is 5.08. The summed E-state index contributed by atoms with van der Waals surface area (Å²) in [5, 5.41) is 0. The number of hydrogen-bond acceptors (Lipinski definition) is 1. The van der Waals surface area contributed by atoms with Gasteiger partial charge in [0, 0.05) is 36.3 Å². The number of benzene rings is 2. The summed E-state index contributed by atoms with van der Waals surface area (Å²) in [6, 6.07) is 12.2. The van der Waals surface area contributed by atoms with Crippen molar-refractivity contribution in [3.63, 3.8) is 0 Å². The van der Waals surface area contributed by atoms with Crippen molar-refractivity contribution in [3.8, 4) is 0 Å². The van der Waals surface area contributed by atoms with Crippen LogP contribution in [0.4, 0.5) is 13.2 Å². The molecule has 2 unspecified atom stereocenters. The zero-order valence-corrected chi connectivity index (χ0v) is 13.2. The summed E-state index contributed by atoms with van der Waals surface area (Å²) in [5.74, 6) is -2.50. The van der Waals surface area contributed by atoms with Gasteiger partial charge in [0.2, 0.25) is 0 Å². The lowest BCUT2D eigenvalue weighted by molar-refractivity contribution is 0.203. The summed E-state index contributed by atoms with van der Waals surface area (Å²) in [6.07, 6.45) is 4.57. The van der Waals surface area contributed by atoms with Gasteiger partial charge in [-0.25, -0.2) is 13.2 Å². The van der Waals surface area contributed by atoms with E-state index in [1.807, 2.05) is 24.3 Å². The smallest absolute Gasteiger partial charge is 0.136 e. The van der Waals surface area contributed by atoms with E-state index in [9.17, 15) is 13.2 Å². The molecule has 1 saturated heterocycles. The number of rotatable bonds is 3. The minimum absolute atomic E-state index is 0.0624. The van der Waals surface area contributed by atoms with Gasteiger partial charge < -0.3 is 0 Å². The molecule has 2 aromatic carbocycles. The van der Waals surface area contributed by atoms with Crippen LogP contribution in [0.15, 0.2) is 48.5 Å². The Labute approximate surface area is 139 Å². The Hall–Kier alpha value is -2.07. The first-order valence-electron chi connectivity index (χ1n) is 8.27. The molecule has 2 atom stereocenters. The van der Waals surface area contributed by atoms with Crippen LogP contribution in [0.2, 0.25) is 0 Å². The molecule has 0 aromatic heterocycles. The molecule has 2 bridgehead atoms. The van der Waals surface area contributed by atoms with Gasteiger partial charge in [-0.3, -0.25) is 4.90 Å². The van der Waals surface area contributed by atoms with Crippen LogP contribution in [0.5, 0.6) is 0 Å². The first-order valence-corrected chi connectivity index (χ1v) is 8.27. The van der Waals surface area contributed by atoms with E-state index in [0.717, 1.165) is 31.5 Å². The van der Waals surface area contributed by atoms with Crippen molar-refractivity contribution in [3.05, 3.63) is 77.1 Å². The van der Waals surface area contributed by atoms with Crippen molar-refractivity contribution in [1.29, 1.82) is 0 Å². The second-order valence-corrected chi connectivity index (χ2v) is 6.60. The fourth-order valence-electron chi connectivity index (χ4n) is 3.99. The van der Waals surface area contributed by atoms with Crippen LogP contribution in [0.1, 0.15) is 30.4 Å². The Bertz CT molecular complexity index is 762. The lowest BCUT2D eigenvalue weighted by atomic mass is 9.93. The van der Waals surface area contributed by atoms with Gasteiger partial charge in [-0.05, 0) is 30.4 Å².